The first kappa shape index (κ1) is 22.2. The molecule has 1 unspecified atom stereocenters. The molecule has 6 nitrogen and oxygen atoms in total. The Kier molecular flexibility index (Phi) is 8.77. The number of hydrogen-bond acceptors (Lipinski definition) is 3. The molecular formula is C22H36N3O3+. The quantitative estimate of drug-likeness (QED) is 0.679. The van der Waals surface area contributed by atoms with Crippen LogP contribution in [0.2, 0.25) is 0 Å². The predicted molar refractivity (Wildman–Crippen MR) is 112 cm³/mol. The minimum Gasteiger partial charge on any atom is -0.497 e. The van der Waals surface area contributed by atoms with Gasteiger partial charge < -0.3 is 19.9 Å². The van der Waals surface area contributed by atoms with Gasteiger partial charge in [0.25, 0.3) is 11.8 Å². The summed E-state index contributed by atoms with van der Waals surface area (Å²) in [5.41, 5.74) is 0.734. The van der Waals surface area contributed by atoms with Gasteiger partial charge in [0.1, 0.15) is 5.75 Å². The Hall–Kier alpha value is -2.08. The molecule has 0 saturated heterocycles. The smallest absolute Gasteiger partial charge is 0.280 e. The van der Waals surface area contributed by atoms with Crippen LogP contribution >= 0.6 is 0 Å². The standard InChI is InChI=1S/C22H35N3O3/c1-5-24(16-21(26)23-18-12-14-20(28-4)15-13-18)17(3)22(27)25(6-2)19-10-8-7-9-11-19/h12-15,17,19H,5-11,16H2,1-4H3,(H,23,26)/p+1/t17-/m1/s1. The highest BCUT2D eigenvalue weighted by atomic mass is 16.5. The highest BCUT2D eigenvalue weighted by molar-refractivity contribution is 5.91. The number of carbonyl (C=O) groups excluding carboxylic acids is 2. The number of anilines is 1. The molecule has 156 valence electrons. The first-order valence-corrected chi connectivity index (χ1v) is 10.6. The van der Waals surface area contributed by atoms with E-state index in [9.17, 15) is 9.59 Å². The van der Waals surface area contributed by atoms with Crippen LogP contribution in [-0.4, -0.2) is 55.5 Å². The molecular weight excluding hydrogens is 354 g/mol. The van der Waals surface area contributed by atoms with E-state index in [4.69, 9.17) is 4.74 Å². The Bertz CT molecular complexity index is 626. The number of ether oxygens (including phenoxy) is 1. The van der Waals surface area contributed by atoms with E-state index in [-0.39, 0.29) is 24.4 Å². The third kappa shape index (κ3) is 5.96. The SMILES string of the molecule is CCN(C(=O)[C@@H](C)[NH+](CC)CC(=O)Nc1ccc(OC)cc1)C1CCCCC1. The Morgan fingerprint density at radius 3 is 2.36 bits per heavy atom. The van der Waals surface area contributed by atoms with Crippen LogP contribution in [0, 0.1) is 0 Å². The van der Waals surface area contributed by atoms with Crippen molar-refractivity contribution in [3.63, 3.8) is 0 Å². The number of amides is 2. The van der Waals surface area contributed by atoms with Gasteiger partial charge in [-0.3, -0.25) is 9.59 Å². The van der Waals surface area contributed by atoms with Gasteiger partial charge in [0.2, 0.25) is 0 Å². The number of nitrogens with one attached hydrogen (secondary N) is 2. The number of carbonyl (C=O) groups is 2. The van der Waals surface area contributed by atoms with Crippen molar-refractivity contribution in [1.29, 1.82) is 0 Å². The molecule has 1 aliphatic rings. The molecule has 2 atom stereocenters. The van der Waals surface area contributed by atoms with Gasteiger partial charge in [0, 0.05) is 18.3 Å². The van der Waals surface area contributed by atoms with Crippen molar-refractivity contribution in [1.82, 2.24) is 4.90 Å². The van der Waals surface area contributed by atoms with Crippen LogP contribution in [0.5, 0.6) is 5.75 Å². The van der Waals surface area contributed by atoms with Gasteiger partial charge in [0.05, 0.1) is 13.7 Å². The van der Waals surface area contributed by atoms with Crippen molar-refractivity contribution in [2.45, 2.75) is 65.0 Å². The molecule has 0 heterocycles. The summed E-state index contributed by atoms with van der Waals surface area (Å²) in [5.74, 6) is 0.839. The molecule has 1 aliphatic carbocycles. The lowest BCUT2D eigenvalue weighted by molar-refractivity contribution is -0.904. The third-order valence-corrected chi connectivity index (χ3v) is 5.84. The summed E-state index contributed by atoms with van der Waals surface area (Å²) in [4.78, 5) is 28.7. The number of rotatable bonds is 9. The average molecular weight is 391 g/mol. The molecule has 0 radical (unpaired) electrons. The average Bonchev–Trinajstić information content (AvgIpc) is 2.73. The van der Waals surface area contributed by atoms with E-state index in [0.29, 0.717) is 6.04 Å². The largest absolute Gasteiger partial charge is 0.497 e. The van der Waals surface area contributed by atoms with Gasteiger partial charge >= 0.3 is 0 Å². The van der Waals surface area contributed by atoms with E-state index in [1.165, 1.54) is 19.3 Å². The summed E-state index contributed by atoms with van der Waals surface area (Å²) in [5, 5.41) is 2.92. The zero-order valence-corrected chi connectivity index (χ0v) is 17.8. The van der Waals surface area contributed by atoms with Gasteiger partial charge in [-0.15, -0.1) is 0 Å². The fourth-order valence-electron chi connectivity index (χ4n) is 4.08. The van der Waals surface area contributed by atoms with Crippen molar-refractivity contribution in [2.24, 2.45) is 0 Å². The summed E-state index contributed by atoms with van der Waals surface area (Å²) < 4.78 is 5.14. The van der Waals surface area contributed by atoms with Crippen molar-refractivity contribution in [3.8, 4) is 5.75 Å². The Labute approximate surface area is 169 Å². The highest BCUT2D eigenvalue weighted by Crippen LogP contribution is 2.22. The van der Waals surface area contributed by atoms with Crippen molar-refractivity contribution in [3.05, 3.63) is 24.3 Å². The first-order chi connectivity index (χ1) is 13.5. The predicted octanol–water partition coefficient (Wildman–Crippen LogP) is 2.11. The van der Waals surface area contributed by atoms with E-state index in [1.54, 1.807) is 7.11 Å². The van der Waals surface area contributed by atoms with Crippen LogP contribution in [0.25, 0.3) is 0 Å². The molecule has 6 heteroatoms. The third-order valence-electron chi connectivity index (χ3n) is 5.84. The maximum Gasteiger partial charge on any atom is 0.280 e. The second-order valence-electron chi connectivity index (χ2n) is 7.60. The first-order valence-electron chi connectivity index (χ1n) is 10.6. The Morgan fingerprint density at radius 1 is 1.18 bits per heavy atom. The highest BCUT2D eigenvalue weighted by Gasteiger charge is 2.33. The van der Waals surface area contributed by atoms with Crippen LogP contribution in [0.15, 0.2) is 24.3 Å². The number of benzene rings is 1. The normalized spacial score (nSPS) is 16.9. The summed E-state index contributed by atoms with van der Waals surface area (Å²) in [6, 6.07) is 7.40. The summed E-state index contributed by atoms with van der Waals surface area (Å²) >= 11 is 0. The van der Waals surface area contributed by atoms with E-state index in [2.05, 4.69) is 12.2 Å². The summed E-state index contributed by atoms with van der Waals surface area (Å²) in [6.07, 6.45) is 5.89. The summed E-state index contributed by atoms with van der Waals surface area (Å²) in [6.45, 7) is 7.77. The summed E-state index contributed by atoms with van der Waals surface area (Å²) in [7, 11) is 1.61. The zero-order chi connectivity index (χ0) is 20.5. The van der Waals surface area contributed by atoms with E-state index >= 15 is 0 Å². The minimum absolute atomic E-state index is 0.0811. The van der Waals surface area contributed by atoms with Gasteiger partial charge in [-0.05, 0) is 57.9 Å². The van der Waals surface area contributed by atoms with Crippen LogP contribution in [-0.2, 0) is 9.59 Å². The molecule has 2 N–H and O–H groups in total. The number of nitrogens with zero attached hydrogens (tertiary/aromatic N) is 1. The molecule has 0 aliphatic heterocycles. The molecule has 0 spiro atoms. The van der Waals surface area contributed by atoms with Gasteiger partial charge in [-0.1, -0.05) is 19.3 Å². The molecule has 1 aromatic carbocycles. The number of methoxy groups -OCH3 is 1. The van der Waals surface area contributed by atoms with Crippen molar-refractivity contribution in [2.75, 3.05) is 32.1 Å². The Morgan fingerprint density at radius 2 is 1.82 bits per heavy atom. The number of hydrogen-bond donors (Lipinski definition) is 2. The van der Waals surface area contributed by atoms with Crippen LogP contribution < -0.4 is 15.0 Å². The van der Waals surface area contributed by atoms with Crippen molar-refractivity contribution >= 4 is 17.5 Å². The maximum absolute atomic E-state index is 13.1. The molecule has 1 saturated carbocycles. The monoisotopic (exact) mass is 390 g/mol. The topological polar surface area (TPSA) is 63.1 Å². The van der Waals surface area contributed by atoms with Crippen LogP contribution in [0.3, 0.4) is 0 Å². The second-order valence-corrected chi connectivity index (χ2v) is 7.60. The second kappa shape index (κ2) is 11.1. The molecule has 2 amide bonds. The van der Waals surface area contributed by atoms with Crippen LogP contribution in [0.1, 0.15) is 52.9 Å². The van der Waals surface area contributed by atoms with Crippen molar-refractivity contribution < 1.29 is 19.2 Å². The van der Waals surface area contributed by atoms with Crippen LogP contribution in [0.4, 0.5) is 5.69 Å². The van der Waals surface area contributed by atoms with Gasteiger partial charge in [0.15, 0.2) is 12.6 Å². The molecule has 1 fully saturated rings. The molecule has 1 aromatic rings. The lowest BCUT2D eigenvalue weighted by Gasteiger charge is -2.36. The Balaban J connectivity index is 1.95. The lowest BCUT2D eigenvalue weighted by atomic mass is 9.93. The van der Waals surface area contributed by atoms with Gasteiger partial charge in [-0.2, -0.15) is 0 Å². The molecule has 28 heavy (non-hydrogen) atoms. The minimum atomic E-state index is -0.228. The number of likely N-dealkylation sites (N-methyl/N-ethyl adjacent to an activating group) is 2. The molecule has 0 aromatic heterocycles. The van der Waals surface area contributed by atoms with Gasteiger partial charge in [-0.25, -0.2) is 0 Å². The number of quaternary nitrogens is 1. The zero-order valence-electron chi connectivity index (χ0n) is 17.8. The lowest BCUT2D eigenvalue weighted by Crippen LogP contribution is -3.17. The van der Waals surface area contributed by atoms with E-state index in [0.717, 1.165) is 42.3 Å². The fraction of sp³-hybridized carbons (Fsp3) is 0.636. The van der Waals surface area contributed by atoms with E-state index in [1.807, 2.05) is 43.0 Å². The fourth-order valence-corrected chi connectivity index (χ4v) is 4.08. The van der Waals surface area contributed by atoms with E-state index < -0.39 is 0 Å². The molecule has 0 bridgehead atoms. The maximum atomic E-state index is 13.1. The molecule has 2 rings (SSSR count).